The standard InChI is InChI=1S/C16H24N2O3S/c1-12-9-10-18(16(19)13(2)22(3,20)21)15(11-12)17-14-7-5-4-6-8-14/h9-11,13-14H,4-8H2,1-3H3. The summed E-state index contributed by atoms with van der Waals surface area (Å²) < 4.78 is 24.7. The topological polar surface area (TPSA) is 68.5 Å². The molecule has 1 heterocycles. The summed E-state index contributed by atoms with van der Waals surface area (Å²) in [6, 6.07) is 3.87. The van der Waals surface area contributed by atoms with E-state index >= 15 is 0 Å². The Morgan fingerprint density at radius 3 is 2.55 bits per heavy atom. The molecule has 2 rings (SSSR count). The van der Waals surface area contributed by atoms with Crippen molar-refractivity contribution in [1.82, 2.24) is 4.57 Å². The molecule has 1 aromatic rings. The summed E-state index contributed by atoms with van der Waals surface area (Å²) >= 11 is 0. The molecule has 1 saturated carbocycles. The van der Waals surface area contributed by atoms with Crippen LogP contribution in [0.5, 0.6) is 0 Å². The molecule has 1 aromatic heterocycles. The van der Waals surface area contributed by atoms with Gasteiger partial charge in [-0.3, -0.25) is 14.4 Å². The van der Waals surface area contributed by atoms with Gasteiger partial charge in [0, 0.05) is 12.5 Å². The first-order valence-corrected chi connectivity index (χ1v) is 9.71. The maximum atomic E-state index is 12.5. The first kappa shape index (κ1) is 16.9. The van der Waals surface area contributed by atoms with Gasteiger partial charge in [-0.2, -0.15) is 0 Å². The van der Waals surface area contributed by atoms with Crippen molar-refractivity contribution < 1.29 is 13.2 Å². The molecule has 1 unspecified atom stereocenters. The van der Waals surface area contributed by atoms with Crippen LogP contribution in [0.4, 0.5) is 0 Å². The summed E-state index contributed by atoms with van der Waals surface area (Å²) in [6.07, 6.45) is 8.34. The number of hydrogen-bond donors (Lipinski definition) is 0. The summed E-state index contributed by atoms with van der Waals surface area (Å²) in [7, 11) is -3.42. The summed E-state index contributed by atoms with van der Waals surface area (Å²) in [6.45, 7) is 3.36. The van der Waals surface area contributed by atoms with Crippen LogP contribution in [0.25, 0.3) is 0 Å². The van der Waals surface area contributed by atoms with E-state index in [1.54, 1.807) is 12.3 Å². The van der Waals surface area contributed by atoms with E-state index in [4.69, 9.17) is 4.99 Å². The number of aryl methyl sites for hydroxylation is 1. The highest BCUT2D eigenvalue weighted by Gasteiger charge is 2.25. The van der Waals surface area contributed by atoms with Gasteiger partial charge in [0.1, 0.15) is 10.7 Å². The number of nitrogens with zero attached hydrogens (tertiary/aromatic N) is 2. The number of aromatic nitrogens is 1. The van der Waals surface area contributed by atoms with Crippen molar-refractivity contribution >= 4 is 15.7 Å². The molecule has 1 fully saturated rings. The Bertz CT molecular complexity index is 713. The van der Waals surface area contributed by atoms with Gasteiger partial charge >= 0.3 is 0 Å². The Balaban J connectivity index is 2.43. The van der Waals surface area contributed by atoms with Crippen molar-refractivity contribution in [3.05, 3.63) is 29.4 Å². The van der Waals surface area contributed by atoms with E-state index in [0.717, 1.165) is 37.5 Å². The molecule has 5 nitrogen and oxygen atoms in total. The van der Waals surface area contributed by atoms with Crippen molar-refractivity contribution in [2.75, 3.05) is 6.26 Å². The lowest BCUT2D eigenvalue weighted by Crippen LogP contribution is -2.38. The molecule has 0 aromatic carbocycles. The van der Waals surface area contributed by atoms with E-state index in [-0.39, 0.29) is 6.04 Å². The zero-order chi connectivity index (χ0) is 16.3. The number of sulfone groups is 1. The minimum absolute atomic E-state index is 0.225. The van der Waals surface area contributed by atoms with Gasteiger partial charge in [-0.25, -0.2) is 8.42 Å². The van der Waals surface area contributed by atoms with Gasteiger partial charge in [-0.15, -0.1) is 0 Å². The SMILES string of the molecule is Cc1ccn(C(=O)C(C)S(C)(=O)=O)c(=NC2CCCCC2)c1. The van der Waals surface area contributed by atoms with Crippen LogP contribution in [0.2, 0.25) is 0 Å². The van der Waals surface area contributed by atoms with Crippen LogP contribution in [0, 0.1) is 6.92 Å². The number of rotatable bonds is 3. The van der Waals surface area contributed by atoms with E-state index in [2.05, 4.69) is 0 Å². The summed E-state index contributed by atoms with van der Waals surface area (Å²) in [5, 5.41) is -1.07. The molecule has 6 heteroatoms. The molecule has 1 atom stereocenters. The van der Waals surface area contributed by atoms with Crippen LogP contribution >= 0.6 is 0 Å². The molecule has 0 bridgehead atoms. The Morgan fingerprint density at radius 2 is 1.95 bits per heavy atom. The highest BCUT2D eigenvalue weighted by molar-refractivity contribution is 7.92. The normalized spacial score (nSPS) is 19.1. The Hall–Kier alpha value is -1.43. The highest BCUT2D eigenvalue weighted by atomic mass is 32.2. The van der Waals surface area contributed by atoms with Crippen LogP contribution in [0.3, 0.4) is 0 Å². The van der Waals surface area contributed by atoms with E-state index < -0.39 is 21.0 Å². The lowest BCUT2D eigenvalue weighted by atomic mass is 9.96. The smallest absolute Gasteiger partial charge is 0.250 e. The molecule has 0 N–H and O–H groups in total. The van der Waals surface area contributed by atoms with Crippen LogP contribution in [0.1, 0.15) is 49.4 Å². The predicted molar refractivity (Wildman–Crippen MR) is 86.5 cm³/mol. The molecule has 0 radical (unpaired) electrons. The molecule has 1 aliphatic carbocycles. The molecule has 22 heavy (non-hydrogen) atoms. The molecular formula is C16H24N2O3S. The lowest BCUT2D eigenvalue weighted by Gasteiger charge is -2.18. The number of pyridine rings is 1. The summed E-state index contributed by atoms with van der Waals surface area (Å²) in [5.41, 5.74) is 1.57. The van der Waals surface area contributed by atoms with Crippen LogP contribution in [-0.2, 0) is 9.84 Å². The van der Waals surface area contributed by atoms with Gasteiger partial charge in [-0.1, -0.05) is 19.3 Å². The first-order valence-electron chi connectivity index (χ1n) is 7.75. The van der Waals surface area contributed by atoms with Crippen molar-refractivity contribution in [3.63, 3.8) is 0 Å². The maximum Gasteiger partial charge on any atom is 0.250 e. The number of carbonyl (C=O) groups excluding carboxylic acids is 1. The largest absolute Gasteiger partial charge is 0.273 e. The Kier molecular flexibility index (Phi) is 5.21. The molecular weight excluding hydrogens is 300 g/mol. The second-order valence-corrected chi connectivity index (χ2v) is 8.53. The summed E-state index contributed by atoms with van der Waals surface area (Å²) in [5.74, 6) is -0.447. The minimum atomic E-state index is -3.42. The first-order chi connectivity index (χ1) is 10.3. The third kappa shape index (κ3) is 4.06. The van der Waals surface area contributed by atoms with E-state index in [0.29, 0.717) is 5.49 Å². The van der Waals surface area contributed by atoms with Crippen LogP contribution in [0.15, 0.2) is 23.3 Å². The van der Waals surface area contributed by atoms with E-state index in [9.17, 15) is 13.2 Å². The second kappa shape index (κ2) is 6.77. The van der Waals surface area contributed by atoms with Gasteiger partial charge in [0.05, 0.1) is 6.04 Å². The van der Waals surface area contributed by atoms with Crippen LogP contribution in [-0.4, -0.2) is 36.4 Å². The Labute approximate surface area is 132 Å². The van der Waals surface area contributed by atoms with Gasteiger partial charge in [-0.05, 0) is 44.4 Å². The van der Waals surface area contributed by atoms with Crippen molar-refractivity contribution in [1.29, 1.82) is 0 Å². The van der Waals surface area contributed by atoms with E-state index in [1.165, 1.54) is 17.9 Å². The lowest BCUT2D eigenvalue weighted by molar-refractivity contribution is 0.0907. The van der Waals surface area contributed by atoms with Crippen molar-refractivity contribution in [3.8, 4) is 0 Å². The highest BCUT2D eigenvalue weighted by Crippen LogP contribution is 2.19. The molecule has 0 spiro atoms. The summed E-state index contributed by atoms with van der Waals surface area (Å²) in [4.78, 5) is 17.2. The average molecular weight is 324 g/mol. The van der Waals surface area contributed by atoms with E-state index in [1.807, 2.05) is 13.0 Å². The zero-order valence-corrected chi connectivity index (χ0v) is 14.3. The predicted octanol–water partition coefficient (Wildman–Crippen LogP) is 2.10. The quantitative estimate of drug-likeness (QED) is 0.855. The average Bonchev–Trinajstić information content (AvgIpc) is 2.46. The number of carbonyl (C=O) groups is 1. The molecule has 0 saturated heterocycles. The third-order valence-electron chi connectivity index (χ3n) is 4.21. The second-order valence-electron chi connectivity index (χ2n) is 6.16. The fourth-order valence-electron chi connectivity index (χ4n) is 2.65. The van der Waals surface area contributed by atoms with Gasteiger partial charge in [0.25, 0.3) is 0 Å². The van der Waals surface area contributed by atoms with Gasteiger partial charge < -0.3 is 0 Å². The number of hydrogen-bond acceptors (Lipinski definition) is 4. The third-order valence-corrected chi connectivity index (χ3v) is 5.69. The fraction of sp³-hybridized carbons (Fsp3) is 0.625. The molecule has 1 aliphatic rings. The monoisotopic (exact) mass is 324 g/mol. The molecule has 122 valence electrons. The maximum absolute atomic E-state index is 12.5. The fourth-order valence-corrected chi connectivity index (χ4v) is 3.13. The van der Waals surface area contributed by atoms with Gasteiger partial charge in [0.2, 0.25) is 5.91 Å². The molecule has 0 aliphatic heterocycles. The van der Waals surface area contributed by atoms with Crippen molar-refractivity contribution in [2.24, 2.45) is 4.99 Å². The Morgan fingerprint density at radius 1 is 1.32 bits per heavy atom. The van der Waals surface area contributed by atoms with Crippen molar-refractivity contribution in [2.45, 2.75) is 57.2 Å². The van der Waals surface area contributed by atoms with Crippen LogP contribution < -0.4 is 5.49 Å². The molecule has 0 amide bonds. The minimum Gasteiger partial charge on any atom is -0.273 e. The van der Waals surface area contributed by atoms with Gasteiger partial charge in [0.15, 0.2) is 9.84 Å². The zero-order valence-electron chi connectivity index (χ0n) is 13.4.